The van der Waals surface area contributed by atoms with Gasteiger partial charge in [0.2, 0.25) is 0 Å². The molecule has 0 atom stereocenters. The van der Waals surface area contributed by atoms with Gasteiger partial charge in [0, 0.05) is 0 Å². The predicted octanol–water partition coefficient (Wildman–Crippen LogP) is 2.35. The largest absolute Gasteiger partial charge is 0.479 e. The SMILES string of the molecule is CC#CCOc1c(Br)cccc1CCN. The smallest absolute Gasteiger partial charge is 0.149 e. The van der Waals surface area contributed by atoms with Gasteiger partial charge in [0.1, 0.15) is 12.4 Å². The number of nitrogens with two attached hydrogens (primary N) is 1. The molecular weight excluding hydrogens is 254 g/mol. The zero-order valence-corrected chi connectivity index (χ0v) is 10.3. The molecule has 0 saturated carbocycles. The van der Waals surface area contributed by atoms with Gasteiger partial charge >= 0.3 is 0 Å². The summed E-state index contributed by atoms with van der Waals surface area (Å²) in [5.74, 6) is 6.52. The highest BCUT2D eigenvalue weighted by Crippen LogP contribution is 2.29. The van der Waals surface area contributed by atoms with Crippen molar-refractivity contribution in [3.8, 4) is 17.6 Å². The highest BCUT2D eigenvalue weighted by molar-refractivity contribution is 9.10. The third-order valence-corrected chi connectivity index (χ3v) is 2.55. The first-order valence-electron chi connectivity index (χ1n) is 4.79. The number of hydrogen-bond donors (Lipinski definition) is 1. The van der Waals surface area contributed by atoms with E-state index in [9.17, 15) is 0 Å². The van der Waals surface area contributed by atoms with Crippen molar-refractivity contribution in [2.75, 3.05) is 13.2 Å². The van der Waals surface area contributed by atoms with E-state index in [-0.39, 0.29) is 0 Å². The molecule has 0 aliphatic rings. The van der Waals surface area contributed by atoms with Crippen LogP contribution in [0.2, 0.25) is 0 Å². The van der Waals surface area contributed by atoms with Crippen molar-refractivity contribution in [3.05, 3.63) is 28.2 Å². The number of para-hydroxylation sites is 1. The summed E-state index contributed by atoms with van der Waals surface area (Å²) in [6.07, 6.45) is 0.814. The molecular formula is C12H14BrNO. The quantitative estimate of drug-likeness (QED) is 0.851. The number of hydrogen-bond acceptors (Lipinski definition) is 2. The maximum Gasteiger partial charge on any atom is 0.149 e. The van der Waals surface area contributed by atoms with Crippen molar-refractivity contribution in [3.63, 3.8) is 0 Å². The van der Waals surface area contributed by atoms with E-state index in [4.69, 9.17) is 10.5 Å². The lowest BCUT2D eigenvalue weighted by molar-refractivity contribution is 0.363. The fourth-order valence-electron chi connectivity index (χ4n) is 1.25. The second-order valence-corrected chi connectivity index (χ2v) is 3.84. The summed E-state index contributed by atoms with van der Waals surface area (Å²) in [5, 5.41) is 0. The van der Waals surface area contributed by atoms with Gasteiger partial charge in [0.15, 0.2) is 0 Å². The van der Waals surface area contributed by atoms with E-state index in [1.807, 2.05) is 18.2 Å². The molecule has 3 heteroatoms. The van der Waals surface area contributed by atoms with E-state index >= 15 is 0 Å². The monoisotopic (exact) mass is 267 g/mol. The number of halogens is 1. The van der Waals surface area contributed by atoms with Gasteiger partial charge < -0.3 is 10.5 Å². The molecule has 0 aliphatic heterocycles. The van der Waals surface area contributed by atoms with E-state index in [2.05, 4.69) is 27.8 Å². The molecule has 0 aromatic heterocycles. The van der Waals surface area contributed by atoms with Crippen LogP contribution in [-0.4, -0.2) is 13.2 Å². The van der Waals surface area contributed by atoms with Crippen molar-refractivity contribution in [2.24, 2.45) is 5.73 Å². The summed E-state index contributed by atoms with van der Waals surface area (Å²) in [4.78, 5) is 0. The van der Waals surface area contributed by atoms with Crippen LogP contribution in [0.4, 0.5) is 0 Å². The van der Waals surface area contributed by atoms with Crippen molar-refractivity contribution >= 4 is 15.9 Å². The molecule has 0 amide bonds. The lowest BCUT2D eigenvalue weighted by atomic mass is 10.1. The Labute approximate surface area is 98.9 Å². The van der Waals surface area contributed by atoms with Crippen molar-refractivity contribution in [1.29, 1.82) is 0 Å². The highest BCUT2D eigenvalue weighted by atomic mass is 79.9. The van der Waals surface area contributed by atoms with Gasteiger partial charge in [-0.05, 0) is 47.4 Å². The van der Waals surface area contributed by atoms with E-state index < -0.39 is 0 Å². The number of rotatable bonds is 4. The van der Waals surface area contributed by atoms with Gasteiger partial charge in [-0.1, -0.05) is 18.1 Å². The van der Waals surface area contributed by atoms with Gasteiger partial charge in [-0.25, -0.2) is 0 Å². The number of ether oxygens (including phenoxy) is 1. The molecule has 0 radical (unpaired) electrons. The van der Waals surface area contributed by atoms with Gasteiger partial charge in [0.05, 0.1) is 4.47 Å². The zero-order valence-electron chi connectivity index (χ0n) is 8.72. The second kappa shape index (κ2) is 6.49. The van der Waals surface area contributed by atoms with Crippen LogP contribution in [0.25, 0.3) is 0 Å². The molecule has 0 heterocycles. The summed E-state index contributed by atoms with van der Waals surface area (Å²) in [6, 6.07) is 5.95. The Morgan fingerprint density at radius 3 is 2.93 bits per heavy atom. The minimum absolute atomic E-state index is 0.413. The lowest BCUT2D eigenvalue weighted by Gasteiger charge is -2.10. The van der Waals surface area contributed by atoms with Crippen LogP contribution < -0.4 is 10.5 Å². The van der Waals surface area contributed by atoms with Gasteiger partial charge in [-0.2, -0.15) is 0 Å². The third-order valence-electron chi connectivity index (χ3n) is 1.93. The molecule has 2 nitrogen and oxygen atoms in total. The minimum Gasteiger partial charge on any atom is -0.479 e. The molecule has 1 aromatic carbocycles. The number of benzene rings is 1. The van der Waals surface area contributed by atoms with Crippen LogP contribution in [0.3, 0.4) is 0 Å². The third kappa shape index (κ3) is 3.58. The molecule has 0 unspecified atom stereocenters. The Balaban J connectivity index is 2.84. The molecule has 0 saturated heterocycles. The maximum absolute atomic E-state index is 5.58. The van der Waals surface area contributed by atoms with E-state index in [1.54, 1.807) is 6.92 Å². The van der Waals surface area contributed by atoms with E-state index in [0.29, 0.717) is 13.2 Å². The van der Waals surface area contributed by atoms with Crippen LogP contribution in [0.15, 0.2) is 22.7 Å². The summed E-state index contributed by atoms with van der Waals surface area (Å²) in [6.45, 7) is 2.83. The molecule has 15 heavy (non-hydrogen) atoms. The standard InChI is InChI=1S/C12H14BrNO/c1-2-3-9-15-12-10(7-8-14)5-4-6-11(12)13/h4-6H,7-9,14H2,1H3. The fraction of sp³-hybridized carbons (Fsp3) is 0.333. The first-order chi connectivity index (χ1) is 7.29. The Bertz CT molecular complexity index is 379. The van der Waals surface area contributed by atoms with Crippen molar-refractivity contribution in [2.45, 2.75) is 13.3 Å². The Hall–Kier alpha value is -0.980. The average molecular weight is 268 g/mol. The van der Waals surface area contributed by atoms with E-state index in [1.165, 1.54) is 0 Å². The van der Waals surface area contributed by atoms with Crippen molar-refractivity contribution < 1.29 is 4.74 Å². The van der Waals surface area contributed by atoms with Crippen LogP contribution in [0.5, 0.6) is 5.75 Å². The van der Waals surface area contributed by atoms with Crippen LogP contribution >= 0.6 is 15.9 Å². The molecule has 2 N–H and O–H groups in total. The summed E-state index contributed by atoms with van der Waals surface area (Å²) >= 11 is 3.46. The highest BCUT2D eigenvalue weighted by Gasteiger charge is 2.06. The maximum atomic E-state index is 5.58. The summed E-state index contributed by atoms with van der Waals surface area (Å²) in [7, 11) is 0. The van der Waals surface area contributed by atoms with Gasteiger partial charge in [-0.15, -0.1) is 5.92 Å². The Kier molecular flexibility index (Phi) is 5.23. The van der Waals surface area contributed by atoms with Gasteiger partial charge in [0.25, 0.3) is 0 Å². The molecule has 0 fully saturated rings. The van der Waals surface area contributed by atoms with Crippen LogP contribution in [0, 0.1) is 11.8 Å². The minimum atomic E-state index is 0.413. The molecule has 0 aliphatic carbocycles. The molecule has 1 aromatic rings. The normalized spacial score (nSPS) is 9.27. The second-order valence-electron chi connectivity index (χ2n) is 2.98. The average Bonchev–Trinajstić information content (AvgIpc) is 2.23. The Morgan fingerprint density at radius 1 is 1.47 bits per heavy atom. The predicted molar refractivity (Wildman–Crippen MR) is 65.8 cm³/mol. The molecule has 80 valence electrons. The van der Waals surface area contributed by atoms with E-state index in [0.717, 1.165) is 22.2 Å². The van der Waals surface area contributed by atoms with Crippen LogP contribution in [-0.2, 0) is 6.42 Å². The molecule has 0 bridgehead atoms. The zero-order chi connectivity index (χ0) is 11.1. The summed E-state index contributed by atoms with van der Waals surface area (Å²) < 4.78 is 6.54. The molecule has 1 rings (SSSR count). The van der Waals surface area contributed by atoms with Gasteiger partial charge in [-0.3, -0.25) is 0 Å². The fourth-order valence-corrected chi connectivity index (χ4v) is 1.77. The topological polar surface area (TPSA) is 35.2 Å². The Morgan fingerprint density at radius 2 is 2.27 bits per heavy atom. The van der Waals surface area contributed by atoms with Crippen molar-refractivity contribution in [1.82, 2.24) is 0 Å². The molecule has 0 spiro atoms. The first kappa shape index (κ1) is 12.1. The van der Waals surface area contributed by atoms with Crippen LogP contribution in [0.1, 0.15) is 12.5 Å². The first-order valence-corrected chi connectivity index (χ1v) is 5.58. The summed E-state index contributed by atoms with van der Waals surface area (Å²) in [5.41, 5.74) is 6.65. The lowest BCUT2D eigenvalue weighted by Crippen LogP contribution is -2.06.